The van der Waals surface area contributed by atoms with E-state index in [-0.39, 0.29) is 5.95 Å². The molecule has 0 saturated heterocycles. The molecular formula is C9H17N3O2Si. The summed E-state index contributed by atoms with van der Waals surface area (Å²) in [4.78, 5) is 14.1. The Morgan fingerprint density at radius 2 is 2.27 bits per heavy atom. The minimum absolute atomic E-state index is 0.169. The highest BCUT2D eigenvalue weighted by Gasteiger charge is 2.12. The average molecular weight is 227 g/mol. The van der Waals surface area contributed by atoms with E-state index in [2.05, 4.69) is 29.8 Å². The van der Waals surface area contributed by atoms with Crippen LogP contribution in [0.1, 0.15) is 0 Å². The van der Waals surface area contributed by atoms with E-state index >= 15 is 0 Å². The summed E-state index contributed by atoms with van der Waals surface area (Å²) >= 11 is 0. The Labute approximate surface area is 90.4 Å². The minimum atomic E-state index is -1.04. The lowest BCUT2D eigenvalue weighted by molar-refractivity contribution is 0.0883. The van der Waals surface area contributed by atoms with Crippen molar-refractivity contribution in [3.8, 4) is 0 Å². The highest BCUT2D eigenvalue weighted by molar-refractivity contribution is 6.76. The van der Waals surface area contributed by atoms with Crippen molar-refractivity contribution >= 4 is 14.0 Å². The fourth-order valence-corrected chi connectivity index (χ4v) is 1.80. The van der Waals surface area contributed by atoms with E-state index in [0.29, 0.717) is 6.73 Å². The van der Waals surface area contributed by atoms with Gasteiger partial charge in [0.05, 0.1) is 0 Å². The summed E-state index contributed by atoms with van der Waals surface area (Å²) in [5.74, 6) is 0.169. The van der Waals surface area contributed by atoms with Gasteiger partial charge >= 0.3 is 0 Å². The molecule has 6 heteroatoms. The zero-order chi connectivity index (χ0) is 11.3. The number of imidazole rings is 1. The van der Waals surface area contributed by atoms with Gasteiger partial charge in [-0.25, -0.2) is 4.98 Å². The quantitative estimate of drug-likeness (QED) is 0.426. The van der Waals surface area contributed by atoms with Crippen LogP contribution in [0.2, 0.25) is 25.7 Å². The Bertz CT molecular complexity index is 319. The molecule has 1 heterocycles. The third-order valence-electron chi connectivity index (χ3n) is 2.00. The fraction of sp³-hybridized carbons (Fsp3) is 0.667. The van der Waals surface area contributed by atoms with Crippen LogP contribution in [0.4, 0.5) is 5.95 Å². The SMILES string of the molecule is C[Si](C)(C)CCOCn1ccnc1N=O. The maximum atomic E-state index is 10.3. The summed E-state index contributed by atoms with van der Waals surface area (Å²) in [6.07, 6.45) is 3.23. The van der Waals surface area contributed by atoms with E-state index in [0.717, 1.165) is 12.7 Å². The lowest BCUT2D eigenvalue weighted by Crippen LogP contribution is -2.21. The van der Waals surface area contributed by atoms with Crippen LogP contribution >= 0.6 is 0 Å². The molecule has 0 N–H and O–H groups in total. The molecule has 0 saturated carbocycles. The molecule has 0 bridgehead atoms. The molecule has 0 atom stereocenters. The summed E-state index contributed by atoms with van der Waals surface area (Å²) < 4.78 is 7.05. The first kappa shape index (κ1) is 12.1. The smallest absolute Gasteiger partial charge is 0.273 e. The molecule has 0 radical (unpaired) electrons. The highest BCUT2D eigenvalue weighted by atomic mass is 28.3. The molecular weight excluding hydrogens is 210 g/mol. The second-order valence-corrected chi connectivity index (χ2v) is 10.3. The van der Waals surface area contributed by atoms with Crippen LogP contribution in [0, 0.1) is 4.91 Å². The van der Waals surface area contributed by atoms with E-state index in [9.17, 15) is 4.91 Å². The number of aromatic nitrogens is 2. The van der Waals surface area contributed by atoms with E-state index in [1.54, 1.807) is 17.0 Å². The molecule has 1 aromatic heterocycles. The van der Waals surface area contributed by atoms with Crippen molar-refractivity contribution in [2.75, 3.05) is 6.61 Å². The third-order valence-corrected chi connectivity index (χ3v) is 3.71. The Morgan fingerprint density at radius 3 is 2.87 bits per heavy atom. The first-order chi connectivity index (χ1) is 7.03. The van der Waals surface area contributed by atoms with Crippen molar-refractivity contribution in [1.82, 2.24) is 9.55 Å². The first-order valence-corrected chi connectivity index (χ1v) is 8.66. The van der Waals surface area contributed by atoms with Gasteiger partial charge in [-0.2, -0.15) is 0 Å². The van der Waals surface area contributed by atoms with Gasteiger partial charge in [-0.15, -0.1) is 4.91 Å². The van der Waals surface area contributed by atoms with Crippen molar-refractivity contribution in [2.24, 2.45) is 5.18 Å². The zero-order valence-electron chi connectivity index (χ0n) is 9.43. The van der Waals surface area contributed by atoms with Crippen molar-refractivity contribution < 1.29 is 4.74 Å². The Morgan fingerprint density at radius 1 is 1.53 bits per heavy atom. The molecule has 0 amide bonds. The van der Waals surface area contributed by atoms with Gasteiger partial charge in [0.15, 0.2) is 0 Å². The molecule has 84 valence electrons. The monoisotopic (exact) mass is 227 g/mol. The molecule has 0 unspecified atom stereocenters. The van der Waals surface area contributed by atoms with Gasteiger partial charge in [-0.1, -0.05) is 19.6 Å². The summed E-state index contributed by atoms with van der Waals surface area (Å²) in [5, 5.41) is 2.79. The van der Waals surface area contributed by atoms with Crippen molar-refractivity contribution in [3.05, 3.63) is 17.3 Å². The fourth-order valence-electron chi connectivity index (χ4n) is 1.04. The number of nitroso groups, excluding NO2 is 1. The van der Waals surface area contributed by atoms with Crippen LogP contribution in [-0.2, 0) is 11.5 Å². The minimum Gasteiger partial charge on any atom is -0.361 e. The van der Waals surface area contributed by atoms with Crippen molar-refractivity contribution in [2.45, 2.75) is 32.4 Å². The molecule has 0 spiro atoms. The Balaban J connectivity index is 2.29. The molecule has 0 fully saturated rings. The standard InChI is InChI=1S/C9H17N3O2Si/c1-15(2,3)7-6-14-8-12-5-4-10-9(12)11-13/h4-5H,6-8H2,1-3H3. The van der Waals surface area contributed by atoms with E-state index in [1.807, 2.05) is 0 Å². The molecule has 0 aliphatic heterocycles. The van der Waals surface area contributed by atoms with Crippen LogP contribution in [0.15, 0.2) is 17.6 Å². The van der Waals surface area contributed by atoms with Crippen LogP contribution in [0.25, 0.3) is 0 Å². The lowest BCUT2D eigenvalue weighted by Gasteiger charge is -2.15. The van der Waals surface area contributed by atoms with E-state index < -0.39 is 8.07 Å². The van der Waals surface area contributed by atoms with E-state index in [1.165, 1.54) is 0 Å². The van der Waals surface area contributed by atoms with Crippen LogP contribution < -0.4 is 0 Å². The molecule has 0 aliphatic carbocycles. The normalized spacial score (nSPS) is 11.7. The molecule has 1 rings (SSSR count). The Hall–Kier alpha value is -1.01. The van der Waals surface area contributed by atoms with Crippen LogP contribution in [0.5, 0.6) is 0 Å². The number of hydrogen-bond acceptors (Lipinski definition) is 4. The molecule has 15 heavy (non-hydrogen) atoms. The Kier molecular flexibility index (Phi) is 4.16. The van der Waals surface area contributed by atoms with Gasteiger partial charge in [0.25, 0.3) is 5.95 Å². The second-order valence-electron chi connectivity index (χ2n) is 4.64. The molecule has 5 nitrogen and oxygen atoms in total. The van der Waals surface area contributed by atoms with E-state index in [4.69, 9.17) is 4.74 Å². The van der Waals surface area contributed by atoms with Crippen LogP contribution in [0.3, 0.4) is 0 Å². The van der Waals surface area contributed by atoms with Gasteiger partial charge in [0, 0.05) is 32.3 Å². The average Bonchev–Trinajstić information content (AvgIpc) is 2.58. The second kappa shape index (κ2) is 5.18. The maximum absolute atomic E-state index is 10.3. The zero-order valence-corrected chi connectivity index (χ0v) is 10.4. The number of rotatable bonds is 6. The van der Waals surface area contributed by atoms with Crippen molar-refractivity contribution in [1.29, 1.82) is 0 Å². The topological polar surface area (TPSA) is 56.5 Å². The van der Waals surface area contributed by atoms with Gasteiger partial charge < -0.3 is 4.74 Å². The summed E-state index contributed by atoms with van der Waals surface area (Å²) in [5.41, 5.74) is 0. The largest absolute Gasteiger partial charge is 0.361 e. The molecule has 1 aromatic rings. The van der Waals surface area contributed by atoms with Crippen molar-refractivity contribution in [3.63, 3.8) is 0 Å². The lowest BCUT2D eigenvalue weighted by atomic mass is 10.8. The van der Waals surface area contributed by atoms with Gasteiger partial charge in [0.1, 0.15) is 6.73 Å². The maximum Gasteiger partial charge on any atom is 0.273 e. The number of hydrogen-bond donors (Lipinski definition) is 0. The summed E-state index contributed by atoms with van der Waals surface area (Å²) in [6.45, 7) is 7.97. The molecule has 0 aliphatic rings. The van der Waals surface area contributed by atoms with Gasteiger partial charge in [-0.05, 0) is 6.04 Å². The highest BCUT2D eigenvalue weighted by Crippen LogP contribution is 2.10. The van der Waals surface area contributed by atoms with Gasteiger partial charge in [0.2, 0.25) is 0 Å². The predicted octanol–water partition coefficient (Wildman–Crippen LogP) is 2.59. The molecule has 0 aromatic carbocycles. The number of nitrogens with zero attached hydrogens (tertiary/aromatic N) is 3. The first-order valence-electron chi connectivity index (χ1n) is 4.95. The predicted molar refractivity (Wildman–Crippen MR) is 61.8 cm³/mol. The number of ether oxygens (including phenoxy) is 1. The van der Waals surface area contributed by atoms with Crippen LogP contribution in [-0.4, -0.2) is 24.2 Å². The summed E-state index contributed by atoms with van der Waals surface area (Å²) in [7, 11) is -1.04. The van der Waals surface area contributed by atoms with Gasteiger partial charge in [-0.3, -0.25) is 4.57 Å². The third kappa shape index (κ3) is 4.35. The summed E-state index contributed by atoms with van der Waals surface area (Å²) in [6, 6.07) is 1.12.